The molecule has 0 radical (unpaired) electrons. The van der Waals surface area contributed by atoms with Gasteiger partial charge in [-0.1, -0.05) is 17.7 Å². The molecule has 0 fully saturated rings. The molecule has 0 unspecified atom stereocenters. The maximum Gasteiger partial charge on any atom is 0.239 e. The van der Waals surface area contributed by atoms with Gasteiger partial charge in [-0.3, -0.25) is 4.79 Å². The molecule has 6 nitrogen and oxygen atoms in total. The number of anilines is 1. The Kier molecular flexibility index (Phi) is 6.77. The van der Waals surface area contributed by atoms with Gasteiger partial charge in [-0.15, -0.1) is 0 Å². The lowest BCUT2D eigenvalue weighted by Crippen LogP contribution is -2.29. The monoisotopic (exact) mass is 364 g/mol. The van der Waals surface area contributed by atoms with Crippen LogP contribution in [-0.2, 0) is 11.3 Å². The molecule has 0 saturated heterocycles. The second-order valence-corrected chi connectivity index (χ2v) is 5.60. The highest BCUT2D eigenvalue weighted by Crippen LogP contribution is 2.28. The van der Waals surface area contributed by atoms with E-state index >= 15 is 0 Å². The van der Waals surface area contributed by atoms with E-state index in [9.17, 15) is 4.79 Å². The van der Waals surface area contributed by atoms with Crippen LogP contribution in [0.4, 0.5) is 5.69 Å². The zero-order chi connectivity index (χ0) is 18.2. The van der Waals surface area contributed by atoms with Crippen molar-refractivity contribution in [3.63, 3.8) is 0 Å². The molecule has 2 rings (SSSR count). The van der Waals surface area contributed by atoms with E-state index in [2.05, 4.69) is 10.6 Å². The lowest BCUT2D eigenvalue weighted by Gasteiger charge is -2.12. The molecular weight excluding hydrogens is 344 g/mol. The van der Waals surface area contributed by atoms with Crippen LogP contribution in [0, 0.1) is 0 Å². The Labute approximate surface area is 152 Å². The summed E-state index contributed by atoms with van der Waals surface area (Å²) >= 11 is 5.97. The first kappa shape index (κ1) is 18.7. The summed E-state index contributed by atoms with van der Waals surface area (Å²) < 4.78 is 15.7. The molecule has 25 heavy (non-hydrogen) atoms. The molecule has 0 spiro atoms. The minimum atomic E-state index is -0.156. The van der Waals surface area contributed by atoms with Gasteiger partial charge in [0.15, 0.2) is 11.5 Å². The lowest BCUT2D eigenvalue weighted by atomic mass is 10.2. The maximum atomic E-state index is 12.0. The summed E-state index contributed by atoms with van der Waals surface area (Å²) in [7, 11) is 4.71. The van der Waals surface area contributed by atoms with Crippen molar-refractivity contribution in [2.75, 3.05) is 33.2 Å². The van der Waals surface area contributed by atoms with Crippen molar-refractivity contribution < 1.29 is 19.0 Å². The third-order valence-electron chi connectivity index (χ3n) is 3.54. The third kappa shape index (κ3) is 5.19. The predicted octanol–water partition coefficient (Wildman–Crippen LogP) is 3.09. The summed E-state index contributed by atoms with van der Waals surface area (Å²) in [6, 6.07) is 10.7. The topological polar surface area (TPSA) is 68.8 Å². The van der Waals surface area contributed by atoms with Crippen LogP contribution in [0.25, 0.3) is 0 Å². The molecule has 0 aliphatic heterocycles. The summed E-state index contributed by atoms with van der Waals surface area (Å²) in [4.78, 5) is 12.0. The van der Waals surface area contributed by atoms with E-state index in [0.29, 0.717) is 34.5 Å². The maximum absolute atomic E-state index is 12.0. The first-order valence-corrected chi connectivity index (χ1v) is 8.00. The van der Waals surface area contributed by atoms with E-state index in [1.165, 1.54) is 0 Å². The van der Waals surface area contributed by atoms with E-state index in [0.717, 1.165) is 5.56 Å². The summed E-state index contributed by atoms with van der Waals surface area (Å²) in [5.41, 5.74) is 1.57. The molecule has 2 N–H and O–H groups in total. The van der Waals surface area contributed by atoms with E-state index in [1.54, 1.807) is 45.6 Å². The predicted molar refractivity (Wildman–Crippen MR) is 97.9 cm³/mol. The second kappa shape index (κ2) is 9.03. The van der Waals surface area contributed by atoms with Gasteiger partial charge in [0.25, 0.3) is 0 Å². The SMILES string of the molecule is COc1ccc(Cl)cc1NCC(=O)NCc1ccc(OC)c(OC)c1. The summed E-state index contributed by atoms with van der Waals surface area (Å²) in [5, 5.41) is 6.42. The van der Waals surface area contributed by atoms with Crippen LogP contribution in [0.1, 0.15) is 5.56 Å². The molecule has 0 bridgehead atoms. The molecule has 0 aliphatic carbocycles. The van der Waals surface area contributed by atoms with Gasteiger partial charge in [0.1, 0.15) is 5.75 Å². The van der Waals surface area contributed by atoms with Crippen molar-refractivity contribution in [1.82, 2.24) is 5.32 Å². The molecular formula is C18H21ClN2O4. The van der Waals surface area contributed by atoms with Crippen LogP contribution < -0.4 is 24.8 Å². The minimum absolute atomic E-state index is 0.101. The molecule has 1 amide bonds. The average Bonchev–Trinajstić information content (AvgIpc) is 2.64. The Morgan fingerprint density at radius 3 is 2.32 bits per heavy atom. The number of ether oxygens (including phenoxy) is 3. The van der Waals surface area contributed by atoms with E-state index in [4.69, 9.17) is 25.8 Å². The Hall–Kier alpha value is -2.60. The van der Waals surface area contributed by atoms with Crippen molar-refractivity contribution in [3.05, 3.63) is 47.0 Å². The summed E-state index contributed by atoms with van der Waals surface area (Å²) in [6.45, 7) is 0.484. The van der Waals surface area contributed by atoms with Gasteiger partial charge in [0.2, 0.25) is 5.91 Å². The number of benzene rings is 2. The van der Waals surface area contributed by atoms with Gasteiger partial charge >= 0.3 is 0 Å². The molecule has 0 aromatic heterocycles. The van der Waals surface area contributed by atoms with Gasteiger partial charge in [-0.05, 0) is 35.9 Å². The van der Waals surface area contributed by atoms with E-state index in [-0.39, 0.29) is 12.5 Å². The van der Waals surface area contributed by atoms with Crippen molar-refractivity contribution in [2.45, 2.75) is 6.54 Å². The van der Waals surface area contributed by atoms with Crippen molar-refractivity contribution in [3.8, 4) is 17.2 Å². The molecule has 0 aliphatic rings. The number of hydrogen-bond donors (Lipinski definition) is 2. The van der Waals surface area contributed by atoms with Crippen LogP contribution in [0.3, 0.4) is 0 Å². The van der Waals surface area contributed by atoms with Crippen molar-refractivity contribution in [2.24, 2.45) is 0 Å². The largest absolute Gasteiger partial charge is 0.495 e. The number of halogens is 1. The molecule has 0 saturated carbocycles. The highest BCUT2D eigenvalue weighted by atomic mass is 35.5. The van der Waals surface area contributed by atoms with E-state index < -0.39 is 0 Å². The molecule has 2 aromatic rings. The Morgan fingerprint density at radius 2 is 1.64 bits per heavy atom. The van der Waals surface area contributed by atoms with Gasteiger partial charge in [-0.2, -0.15) is 0 Å². The number of amides is 1. The fourth-order valence-corrected chi connectivity index (χ4v) is 2.42. The normalized spacial score (nSPS) is 10.1. The minimum Gasteiger partial charge on any atom is -0.495 e. The zero-order valence-corrected chi connectivity index (χ0v) is 15.1. The first-order valence-electron chi connectivity index (χ1n) is 7.62. The summed E-state index contributed by atoms with van der Waals surface area (Å²) in [6.07, 6.45) is 0. The fraction of sp³-hybridized carbons (Fsp3) is 0.278. The number of methoxy groups -OCH3 is 3. The molecule has 7 heteroatoms. The Morgan fingerprint density at radius 1 is 0.960 bits per heavy atom. The van der Waals surface area contributed by atoms with Crippen LogP contribution in [0.2, 0.25) is 5.02 Å². The quantitative estimate of drug-likeness (QED) is 0.753. The number of hydrogen-bond acceptors (Lipinski definition) is 5. The molecule has 0 atom stereocenters. The highest BCUT2D eigenvalue weighted by molar-refractivity contribution is 6.30. The van der Waals surface area contributed by atoms with Crippen molar-refractivity contribution in [1.29, 1.82) is 0 Å². The summed E-state index contributed by atoms with van der Waals surface area (Å²) in [5.74, 6) is 1.73. The molecule has 0 heterocycles. The fourth-order valence-electron chi connectivity index (χ4n) is 2.25. The third-order valence-corrected chi connectivity index (χ3v) is 3.77. The van der Waals surface area contributed by atoms with Crippen LogP contribution in [-0.4, -0.2) is 33.8 Å². The molecule has 2 aromatic carbocycles. The van der Waals surface area contributed by atoms with Gasteiger partial charge in [0.05, 0.1) is 33.6 Å². The Balaban J connectivity index is 1.90. The number of nitrogens with one attached hydrogen (secondary N) is 2. The first-order chi connectivity index (χ1) is 12.1. The molecule has 134 valence electrons. The van der Waals surface area contributed by atoms with E-state index in [1.807, 2.05) is 12.1 Å². The lowest BCUT2D eigenvalue weighted by molar-refractivity contribution is -0.119. The smallest absolute Gasteiger partial charge is 0.239 e. The highest BCUT2D eigenvalue weighted by Gasteiger charge is 2.08. The number of carbonyl (C=O) groups excluding carboxylic acids is 1. The zero-order valence-electron chi connectivity index (χ0n) is 14.4. The second-order valence-electron chi connectivity index (χ2n) is 5.16. The number of rotatable bonds is 8. The van der Waals surface area contributed by atoms with Crippen LogP contribution in [0.5, 0.6) is 17.2 Å². The Bertz CT molecular complexity index is 737. The standard InChI is InChI=1S/C18H21ClN2O4/c1-23-15-7-5-13(19)9-14(15)20-11-18(22)21-10-12-4-6-16(24-2)17(8-12)25-3/h4-9,20H,10-11H2,1-3H3,(H,21,22). The van der Waals surface area contributed by atoms with Gasteiger partial charge in [-0.25, -0.2) is 0 Å². The van der Waals surface area contributed by atoms with Gasteiger partial charge in [0, 0.05) is 11.6 Å². The van der Waals surface area contributed by atoms with Crippen LogP contribution in [0.15, 0.2) is 36.4 Å². The van der Waals surface area contributed by atoms with Gasteiger partial charge < -0.3 is 24.8 Å². The van der Waals surface area contributed by atoms with Crippen molar-refractivity contribution >= 4 is 23.2 Å². The number of carbonyl (C=O) groups is 1. The van der Waals surface area contributed by atoms with Crippen LogP contribution >= 0.6 is 11.6 Å². The average molecular weight is 365 g/mol.